The minimum absolute atomic E-state index is 0.328. The van der Waals surface area contributed by atoms with Crippen molar-refractivity contribution in [3.8, 4) is 22.5 Å². The van der Waals surface area contributed by atoms with Crippen LogP contribution < -0.4 is 0 Å². The first-order valence-electron chi connectivity index (χ1n) is 6.41. The minimum Gasteiger partial charge on any atom is -0.469 e. The molecule has 0 radical (unpaired) electrons. The molecule has 21 heavy (non-hydrogen) atoms. The molecule has 106 valence electrons. The zero-order valence-corrected chi connectivity index (χ0v) is 13.0. The molecule has 0 unspecified atom stereocenters. The van der Waals surface area contributed by atoms with Crippen LogP contribution in [0.4, 0.5) is 0 Å². The fraction of sp³-hybridized carbons (Fsp3) is 0.125. The molecule has 2 heterocycles. The van der Waals surface area contributed by atoms with E-state index >= 15 is 0 Å². The Labute approximate surface area is 132 Å². The predicted molar refractivity (Wildman–Crippen MR) is 84.7 cm³/mol. The first kappa shape index (κ1) is 14.1. The molecule has 0 aliphatic carbocycles. The van der Waals surface area contributed by atoms with Gasteiger partial charge in [-0.15, -0.1) is 0 Å². The highest BCUT2D eigenvalue weighted by Gasteiger charge is 2.16. The Kier molecular flexibility index (Phi) is 3.70. The number of aromatic nitrogens is 2. The summed E-state index contributed by atoms with van der Waals surface area (Å²) in [5.74, 6) is 1.19. The van der Waals surface area contributed by atoms with Crippen LogP contribution in [-0.2, 0) is 0 Å². The minimum atomic E-state index is 0.328. The molecule has 3 rings (SSSR count). The van der Waals surface area contributed by atoms with Gasteiger partial charge in [0.1, 0.15) is 16.1 Å². The molecular weight excluding hydrogens is 307 g/mol. The van der Waals surface area contributed by atoms with E-state index in [4.69, 9.17) is 27.6 Å². The zero-order valence-electron chi connectivity index (χ0n) is 11.5. The van der Waals surface area contributed by atoms with Crippen LogP contribution in [0.3, 0.4) is 0 Å². The van der Waals surface area contributed by atoms with Gasteiger partial charge in [0.05, 0.1) is 17.4 Å². The van der Waals surface area contributed by atoms with Gasteiger partial charge in [-0.3, -0.25) is 0 Å². The number of aryl methyl sites for hydroxylation is 2. The van der Waals surface area contributed by atoms with E-state index in [9.17, 15) is 0 Å². The second-order valence-electron chi connectivity index (χ2n) is 4.76. The molecule has 3 aromatic rings. The summed E-state index contributed by atoms with van der Waals surface area (Å²) in [6.45, 7) is 3.86. The monoisotopic (exact) mass is 318 g/mol. The summed E-state index contributed by atoms with van der Waals surface area (Å²) in [6.07, 6.45) is 1.59. The Morgan fingerprint density at radius 3 is 2.05 bits per heavy atom. The van der Waals surface area contributed by atoms with Crippen molar-refractivity contribution in [2.24, 2.45) is 0 Å². The summed E-state index contributed by atoms with van der Waals surface area (Å²) >= 11 is 12.6. The Morgan fingerprint density at radius 1 is 0.905 bits per heavy atom. The number of hydrogen-bond donors (Lipinski definition) is 0. The van der Waals surface area contributed by atoms with Crippen molar-refractivity contribution in [2.75, 3.05) is 0 Å². The summed E-state index contributed by atoms with van der Waals surface area (Å²) in [7, 11) is 0. The molecule has 0 spiro atoms. The van der Waals surface area contributed by atoms with Crippen LogP contribution in [0.1, 0.15) is 11.3 Å². The maximum absolute atomic E-state index is 6.31. The van der Waals surface area contributed by atoms with Gasteiger partial charge in [0.15, 0.2) is 5.82 Å². The van der Waals surface area contributed by atoms with Crippen molar-refractivity contribution in [1.82, 2.24) is 9.97 Å². The number of benzene rings is 1. The van der Waals surface area contributed by atoms with Crippen molar-refractivity contribution in [2.45, 2.75) is 13.8 Å². The van der Waals surface area contributed by atoms with Gasteiger partial charge in [-0.2, -0.15) is 0 Å². The normalized spacial score (nSPS) is 10.9. The highest BCUT2D eigenvalue weighted by atomic mass is 35.5. The fourth-order valence-corrected chi connectivity index (χ4v) is 2.71. The highest BCUT2D eigenvalue weighted by Crippen LogP contribution is 2.34. The largest absolute Gasteiger partial charge is 0.469 e. The highest BCUT2D eigenvalue weighted by molar-refractivity contribution is 6.37. The van der Waals surface area contributed by atoms with Crippen LogP contribution >= 0.6 is 23.2 Å². The number of nitrogens with zero attached hydrogens (tertiary/aromatic N) is 2. The molecule has 0 aliphatic heterocycles. The fourth-order valence-electron chi connectivity index (χ4n) is 2.10. The topological polar surface area (TPSA) is 38.9 Å². The third-order valence-electron chi connectivity index (χ3n) is 3.26. The summed E-state index contributed by atoms with van der Waals surface area (Å²) < 4.78 is 5.26. The Morgan fingerprint density at radius 2 is 1.52 bits per heavy atom. The summed E-state index contributed by atoms with van der Waals surface area (Å²) in [6, 6.07) is 9.69. The Bertz CT molecular complexity index is 771. The SMILES string of the molecule is Cc1ccc(-c2c(Cl)nc(-c3ccoc3C)nc2Cl)cc1. The number of furan rings is 1. The third-order valence-corrected chi connectivity index (χ3v) is 3.81. The Hall–Kier alpha value is -1.84. The standard InChI is InChI=1S/C16H12Cl2N2O/c1-9-3-5-11(6-4-9)13-14(17)19-16(20-15(13)18)12-7-8-21-10(12)2/h3-8H,1-2H3. The molecule has 0 atom stereocenters. The van der Waals surface area contributed by atoms with Crippen molar-refractivity contribution in [1.29, 1.82) is 0 Å². The lowest BCUT2D eigenvalue weighted by Gasteiger charge is -2.08. The molecule has 3 nitrogen and oxygen atoms in total. The first-order chi connectivity index (χ1) is 10.1. The van der Waals surface area contributed by atoms with Crippen molar-refractivity contribution >= 4 is 23.2 Å². The van der Waals surface area contributed by atoms with E-state index in [1.165, 1.54) is 0 Å². The average molecular weight is 319 g/mol. The molecule has 0 N–H and O–H groups in total. The first-order valence-corrected chi connectivity index (χ1v) is 7.16. The van der Waals surface area contributed by atoms with E-state index in [-0.39, 0.29) is 0 Å². The summed E-state index contributed by atoms with van der Waals surface area (Å²) in [4.78, 5) is 8.69. The lowest BCUT2D eigenvalue weighted by atomic mass is 10.1. The molecule has 2 aromatic heterocycles. The number of halogens is 2. The van der Waals surface area contributed by atoms with Gasteiger partial charge >= 0.3 is 0 Å². The van der Waals surface area contributed by atoms with Crippen LogP contribution in [0.2, 0.25) is 10.3 Å². The van der Waals surface area contributed by atoms with Crippen LogP contribution in [0, 0.1) is 13.8 Å². The molecular formula is C16H12Cl2N2O. The van der Waals surface area contributed by atoms with E-state index in [1.54, 1.807) is 12.3 Å². The molecule has 0 fully saturated rings. The lowest BCUT2D eigenvalue weighted by Crippen LogP contribution is -1.95. The van der Waals surface area contributed by atoms with Crippen molar-refractivity contribution in [3.63, 3.8) is 0 Å². The maximum atomic E-state index is 6.31. The van der Waals surface area contributed by atoms with Crippen LogP contribution in [0.15, 0.2) is 41.0 Å². The maximum Gasteiger partial charge on any atom is 0.166 e. The van der Waals surface area contributed by atoms with E-state index in [0.29, 0.717) is 21.7 Å². The quantitative estimate of drug-likeness (QED) is 0.599. The predicted octanol–water partition coefficient (Wildman–Crippen LogP) is 5.33. The van der Waals surface area contributed by atoms with Crippen molar-refractivity contribution < 1.29 is 4.42 Å². The lowest BCUT2D eigenvalue weighted by molar-refractivity contribution is 0.535. The number of hydrogen-bond acceptors (Lipinski definition) is 3. The molecule has 0 saturated carbocycles. The second-order valence-corrected chi connectivity index (χ2v) is 5.48. The van der Waals surface area contributed by atoms with Gasteiger partial charge in [-0.25, -0.2) is 9.97 Å². The van der Waals surface area contributed by atoms with Gasteiger partial charge < -0.3 is 4.42 Å². The van der Waals surface area contributed by atoms with E-state index < -0.39 is 0 Å². The van der Waals surface area contributed by atoms with Crippen LogP contribution in [0.5, 0.6) is 0 Å². The average Bonchev–Trinajstić information content (AvgIpc) is 2.86. The van der Waals surface area contributed by atoms with Gasteiger partial charge in [-0.05, 0) is 25.5 Å². The smallest absolute Gasteiger partial charge is 0.166 e. The van der Waals surface area contributed by atoms with E-state index in [2.05, 4.69) is 9.97 Å². The molecule has 5 heteroatoms. The molecule has 0 amide bonds. The van der Waals surface area contributed by atoms with Gasteiger partial charge in [0, 0.05) is 0 Å². The third kappa shape index (κ3) is 2.67. The van der Waals surface area contributed by atoms with Gasteiger partial charge in [0.2, 0.25) is 0 Å². The van der Waals surface area contributed by atoms with E-state index in [1.807, 2.05) is 38.1 Å². The summed E-state index contributed by atoms with van der Waals surface area (Å²) in [5.41, 5.74) is 3.49. The van der Waals surface area contributed by atoms with Crippen LogP contribution in [-0.4, -0.2) is 9.97 Å². The molecule has 0 aliphatic rings. The van der Waals surface area contributed by atoms with Crippen LogP contribution in [0.25, 0.3) is 22.5 Å². The van der Waals surface area contributed by atoms with Gasteiger partial charge in [0.25, 0.3) is 0 Å². The summed E-state index contributed by atoms with van der Waals surface area (Å²) in [5, 5.41) is 0.656. The molecule has 1 aromatic carbocycles. The zero-order chi connectivity index (χ0) is 15.0. The number of rotatable bonds is 2. The van der Waals surface area contributed by atoms with E-state index in [0.717, 1.165) is 22.5 Å². The Balaban J connectivity index is 2.13. The molecule has 0 saturated heterocycles. The van der Waals surface area contributed by atoms with Gasteiger partial charge in [-0.1, -0.05) is 53.0 Å². The molecule has 0 bridgehead atoms. The second kappa shape index (κ2) is 5.51. The van der Waals surface area contributed by atoms with Crippen molar-refractivity contribution in [3.05, 3.63) is 58.2 Å².